The van der Waals surface area contributed by atoms with Gasteiger partial charge in [-0.25, -0.2) is 4.98 Å². The van der Waals surface area contributed by atoms with E-state index in [1.807, 2.05) is 11.3 Å². The molecule has 3 nitrogen and oxygen atoms in total. The Bertz CT molecular complexity index is 371. The molecule has 0 aromatic carbocycles. The van der Waals surface area contributed by atoms with Gasteiger partial charge in [0.15, 0.2) is 5.13 Å². The highest BCUT2D eigenvalue weighted by atomic mass is 32.1. The van der Waals surface area contributed by atoms with Crippen LogP contribution in [0.1, 0.15) is 49.6 Å². The molecule has 1 N–H and O–H groups in total. The molecule has 0 aliphatic heterocycles. The monoisotopic (exact) mass is 267 g/mol. The highest BCUT2D eigenvalue weighted by Gasteiger charge is 2.21. The predicted molar refractivity (Wildman–Crippen MR) is 79.5 cm³/mol. The Balaban J connectivity index is 1.85. The van der Waals surface area contributed by atoms with E-state index in [0.717, 1.165) is 19.1 Å². The second-order valence-corrected chi connectivity index (χ2v) is 6.35. The number of aromatic nitrogens is 1. The van der Waals surface area contributed by atoms with Crippen LogP contribution < -0.4 is 10.2 Å². The van der Waals surface area contributed by atoms with Crippen LogP contribution in [0.5, 0.6) is 0 Å². The molecule has 0 atom stereocenters. The Morgan fingerprint density at radius 2 is 2.17 bits per heavy atom. The predicted octanol–water partition coefficient (Wildman–Crippen LogP) is 3.33. The molecule has 102 valence electrons. The van der Waals surface area contributed by atoms with E-state index in [2.05, 4.69) is 31.1 Å². The van der Waals surface area contributed by atoms with Crippen molar-refractivity contribution in [3.8, 4) is 0 Å². The summed E-state index contributed by atoms with van der Waals surface area (Å²) in [6.07, 6.45) is 6.55. The summed E-state index contributed by atoms with van der Waals surface area (Å²) in [4.78, 5) is 8.39. The molecule has 0 amide bonds. The summed E-state index contributed by atoms with van der Waals surface area (Å²) in [5.74, 6) is 0. The number of nitrogens with zero attached hydrogens (tertiary/aromatic N) is 2. The molecule has 1 heterocycles. The molecule has 0 radical (unpaired) electrons. The van der Waals surface area contributed by atoms with Crippen LogP contribution in [0.3, 0.4) is 0 Å². The third-order valence-corrected chi connectivity index (χ3v) is 4.71. The zero-order chi connectivity index (χ0) is 13.0. The van der Waals surface area contributed by atoms with Gasteiger partial charge in [-0.05, 0) is 26.2 Å². The fraction of sp³-hybridized carbons (Fsp3) is 0.786. The Morgan fingerprint density at radius 1 is 1.39 bits per heavy atom. The first-order valence-corrected chi connectivity index (χ1v) is 7.93. The fourth-order valence-electron chi connectivity index (χ4n) is 1.96. The van der Waals surface area contributed by atoms with Gasteiger partial charge >= 0.3 is 0 Å². The van der Waals surface area contributed by atoms with Gasteiger partial charge in [0.2, 0.25) is 0 Å². The Hall–Kier alpha value is -0.610. The van der Waals surface area contributed by atoms with Crippen molar-refractivity contribution in [2.24, 2.45) is 0 Å². The summed E-state index contributed by atoms with van der Waals surface area (Å²) in [6, 6.07) is 0.775. The van der Waals surface area contributed by atoms with E-state index in [0.29, 0.717) is 0 Å². The van der Waals surface area contributed by atoms with E-state index in [1.165, 1.54) is 47.8 Å². The number of thiazole rings is 1. The lowest BCUT2D eigenvalue weighted by Crippen LogP contribution is -2.18. The molecule has 1 fully saturated rings. The number of anilines is 1. The van der Waals surface area contributed by atoms with E-state index < -0.39 is 0 Å². The van der Waals surface area contributed by atoms with Crippen molar-refractivity contribution in [1.29, 1.82) is 0 Å². The highest BCUT2D eigenvalue weighted by Crippen LogP contribution is 2.27. The molecule has 1 aliphatic rings. The molecule has 0 saturated heterocycles. The molecule has 18 heavy (non-hydrogen) atoms. The normalized spacial score (nSPS) is 15.1. The van der Waals surface area contributed by atoms with Gasteiger partial charge in [-0.1, -0.05) is 19.8 Å². The van der Waals surface area contributed by atoms with Crippen LogP contribution >= 0.6 is 11.3 Å². The zero-order valence-corrected chi connectivity index (χ0v) is 12.6. The van der Waals surface area contributed by atoms with E-state index >= 15 is 0 Å². The smallest absolute Gasteiger partial charge is 0.185 e. The van der Waals surface area contributed by atoms with Crippen molar-refractivity contribution >= 4 is 16.5 Å². The molecule has 1 aromatic rings. The molecular formula is C14H25N3S. The third kappa shape index (κ3) is 3.95. The summed E-state index contributed by atoms with van der Waals surface area (Å²) in [5, 5.41) is 4.75. The van der Waals surface area contributed by atoms with Crippen LogP contribution in [0, 0.1) is 6.92 Å². The number of aryl methyl sites for hydroxylation is 1. The topological polar surface area (TPSA) is 28.2 Å². The van der Waals surface area contributed by atoms with Gasteiger partial charge in [0, 0.05) is 31.1 Å². The minimum Gasteiger partial charge on any atom is -0.351 e. The van der Waals surface area contributed by atoms with Crippen LogP contribution in [-0.2, 0) is 6.54 Å². The second kappa shape index (κ2) is 6.53. The first kappa shape index (κ1) is 13.8. The highest BCUT2D eigenvalue weighted by molar-refractivity contribution is 7.15. The third-order valence-electron chi connectivity index (χ3n) is 3.43. The number of hydrogen-bond acceptors (Lipinski definition) is 4. The SMILES string of the molecule is CCCCCN(C)c1nc(C)c(CNC2CC2)s1. The van der Waals surface area contributed by atoms with Crippen molar-refractivity contribution in [3.05, 3.63) is 10.6 Å². The summed E-state index contributed by atoms with van der Waals surface area (Å²) in [5.41, 5.74) is 1.20. The molecular weight excluding hydrogens is 242 g/mol. The second-order valence-electron chi connectivity index (χ2n) is 5.29. The molecule has 1 aliphatic carbocycles. The Labute approximate surface area is 115 Å². The maximum Gasteiger partial charge on any atom is 0.185 e. The maximum absolute atomic E-state index is 4.69. The summed E-state index contributed by atoms with van der Waals surface area (Å²) in [7, 11) is 2.16. The van der Waals surface area contributed by atoms with E-state index in [-0.39, 0.29) is 0 Å². The minimum absolute atomic E-state index is 0.775. The first-order valence-electron chi connectivity index (χ1n) is 7.11. The number of nitrogens with one attached hydrogen (secondary N) is 1. The summed E-state index contributed by atoms with van der Waals surface area (Å²) >= 11 is 1.85. The van der Waals surface area contributed by atoms with E-state index in [1.54, 1.807) is 0 Å². The van der Waals surface area contributed by atoms with Crippen molar-refractivity contribution in [2.75, 3.05) is 18.5 Å². The largest absolute Gasteiger partial charge is 0.351 e. The quantitative estimate of drug-likeness (QED) is 0.732. The fourth-order valence-corrected chi connectivity index (χ4v) is 2.96. The lowest BCUT2D eigenvalue weighted by Gasteiger charge is -2.14. The van der Waals surface area contributed by atoms with Gasteiger partial charge in [-0.3, -0.25) is 0 Å². The lowest BCUT2D eigenvalue weighted by molar-refractivity contribution is 0.691. The maximum atomic E-state index is 4.69. The van der Waals surface area contributed by atoms with Crippen molar-refractivity contribution in [1.82, 2.24) is 10.3 Å². The molecule has 1 saturated carbocycles. The first-order chi connectivity index (χ1) is 8.70. The minimum atomic E-state index is 0.775. The van der Waals surface area contributed by atoms with Crippen LogP contribution in [0.4, 0.5) is 5.13 Å². The summed E-state index contributed by atoms with van der Waals surface area (Å²) in [6.45, 7) is 6.49. The summed E-state index contributed by atoms with van der Waals surface area (Å²) < 4.78 is 0. The van der Waals surface area contributed by atoms with Gasteiger partial charge in [0.1, 0.15) is 0 Å². The number of unbranched alkanes of at least 4 members (excludes halogenated alkanes) is 2. The average Bonchev–Trinajstić information content (AvgIpc) is 3.10. The molecule has 0 unspecified atom stereocenters. The number of rotatable bonds is 8. The molecule has 2 rings (SSSR count). The van der Waals surface area contributed by atoms with Crippen LogP contribution in [-0.4, -0.2) is 24.6 Å². The van der Waals surface area contributed by atoms with Gasteiger partial charge in [0.05, 0.1) is 5.69 Å². The molecule has 0 spiro atoms. The molecule has 1 aromatic heterocycles. The standard InChI is InChI=1S/C14H25N3S/c1-4-5-6-9-17(3)14-16-11(2)13(18-14)10-15-12-7-8-12/h12,15H,4-10H2,1-3H3. The van der Waals surface area contributed by atoms with Crippen molar-refractivity contribution in [2.45, 2.75) is 58.5 Å². The average molecular weight is 267 g/mol. The van der Waals surface area contributed by atoms with Crippen LogP contribution in [0.25, 0.3) is 0 Å². The van der Waals surface area contributed by atoms with Gasteiger partial charge in [0.25, 0.3) is 0 Å². The molecule has 4 heteroatoms. The van der Waals surface area contributed by atoms with Gasteiger partial charge < -0.3 is 10.2 Å². The van der Waals surface area contributed by atoms with Crippen LogP contribution in [0.2, 0.25) is 0 Å². The Morgan fingerprint density at radius 3 is 2.83 bits per heavy atom. The Kier molecular flexibility index (Phi) is 5.01. The van der Waals surface area contributed by atoms with Gasteiger partial charge in [-0.15, -0.1) is 11.3 Å². The lowest BCUT2D eigenvalue weighted by atomic mass is 10.2. The van der Waals surface area contributed by atoms with Gasteiger partial charge in [-0.2, -0.15) is 0 Å². The van der Waals surface area contributed by atoms with Crippen molar-refractivity contribution < 1.29 is 0 Å². The van der Waals surface area contributed by atoms with E-state index in [9.17, 15) is 0 Å². The van der Waals surface area contributed by atoms with E-state index in [4.69, 9.17) is 4.98 Å². The number of hydrogen-bond donors (Lipinski definition) is 1. The zero-order valence-electron chi connectivity index (χ0n) is 11.8. The molecule has 0 bridgehead atoms. The van der Waals surface area contributed by atoms with Crippen molar-refractivity contribution in [3.63, 3.8) is 0 Å². The van der Waals surface area contributed by atoms with Crippen LogP contribution in [0.15, 0.2) is 0 Å².